The molecule has 0 saturated heterocycles. The zero-order valence-electron chi connectivity index (χ0n) is 8.01. The number of carbonyl (C=O) groups excluding carboxylic acids is 2. The first-order valence-electron chi connectivity index (χ1n) is 4.42. The van der Waals surface area contributed by atoms with Gasteiger partial charge in [0.05, 0.1) is 0 Å². The first-order chi connectivity index (χ1) is 7.15. The number of benzene rings is 1. The summed E-state index contributed by atoms with van der Waals surface area (Å²) in [6.45, 7) is 0. The quantitative estimate of drug-likeness (QED) is 0.364. The molecule has 0 heterocycles. The molecule has 15 heavy (non-hydrogen) atoms. The molecule has 0 spiro atoms. The van der Waals surface area contributed by atoms with Crippen LogP contribution in [0.15, 0.2) is 30.3 Å². The summed E-state index contributed by atoms with van der Waals surface area (Å²) < 4.78 is 0. The van der Waals surface area contributed by atoms with Crippen molar-refractivity contribution < 1.29 is 14.8 Å². The lowest BCUT2D eigenvalue weighted by Crippen LogP contribution is -2.38. The Labute approximate surface area is 86.9 Å². The molecule has 0 aromatic heterocycles. The van der Waals surface area contributed by atoms with Gasteiger partial charge in [-0.2, -0.15) is 0 Å². The SMILES string of the molecule is NC(=O)C(Cc1ccccc1)C(=O)NO. The van der Waals surface area contributed by atoms with Crippen molar-refractivity contribution in [2.24, 2.45) is 11.7 Å². The third kappa shape index (κ3) is 3.07. The van der Waals surface area contributed by atoms with Gasteiger partial charge in [-0.3, -0.25) is 14.8 Å². The van der Waals surface area contributed by atoms with Crippen LogP contribution in [0.25, 0.3) is 0 Å². The lowest BCUT2D eigenvalue weighted by molar-refractivity contribution is -0.139. The number of hydrogen-bond acceptors (Lipinski definition) is 3. The highest BCUT2D eigenvalue weighted by Crippen LogP contribution is 2.08. The van der Waals surface area contributed by atoms with Crippen LogP contribution >= 0.6 is 0 Å². The first kappa shape index (κ1) is 11.2. The molecular weight excluding hydrogens is 196 g/mol. The first-order valence-corrected chi connectivity index (χ1v) is 4.42. The topological polar surface area (TPSA) is 92.4 Å². The number of hydroxylamine groups is 1. The van der Waals surface area contributed by atoms with Crippen molar-refractivity contribution in [2.45, 2.75) is 6.42 Å². The standard InChI is InChI=1S/C10H12N2O3/c11-9(13)8(10(14)12-15)6-7-4-2-1-3-5-7/h1-5,8,15H,6H2,(H2,11,13)(H,12,14). The molecule has 1 unspecified atom stereocenters. The minimum Gasteiger partial charge on any atom is -0.369 e. The molecule has 1 atom stereocenters. The monoisotopic (exact) mass is 208 g/mol. The molecule has 1 aromatic rings. The number of rotatable bonds is 4. The second-order valence-corrected chi connectivity index (χ2v) is 3.12. The minimum atomic E-state index is -1.04. The molecule has 0 fully saturated rings. The molecule has 2 amide bonds. The largest absolute Gasteiger partial charge is 0.369 e. The summed E-state index contributed by atoms with van der Waals surface area (Å²) in [5.74, 6) is -2.59. The van der Waals surface area contributed by atoms with Gasteiger partial charge in [0.1, 0.15) is 5.92 Å². The summed E-state index contributed by atoms with van der Waals surface area (Å²) in [4.78, 5) is 22.1. The molecule has 1 rings (SSSR count). The van der Waals surface area contributed by atoms with E-state index < -0.39 is 17.7 Å². The molecular formula is C10H12N2O3. The number of amides is 2. The van der Waals surface area contributed by atoms with Gasteiger partial charge in [0, 0.05) is 0 Å². The summed E-state index contributed by atoms with van der Waals surface area (Å²) >= 11 is 0. The highest BCUT2D eigenvalue weighted by atomic mass is 16.5. The van der Waals surface area contributed by atoms with Crippen LogP contribution in [-0.2, 0) is 16.0 Å². The minimum absolute atomic E-state index is 0.183. The fraction of sp³-hybridized carbons (Fsp3) is 0.200. The molecule has 1 aromatic carbocycles. The van der Waals surface area contributed by atoms with E-state index >= 15 is 0 Å². The van der Waals surface area contributed by atoms with E-state index in [1.165, 1.54) is 5.48 Å². The summed E-state index contributed by atoms with van der Waals surface area (Å²) in [5.41, 5.74) is 7.29. The van der Waals surface area contributed by atoms with Crippen molar-refractivity contribution >= 4 is 11.8 Å². The van der Waals surface area contributed by atoms with Crippen LogP contribution < -0.4 is 11.2 Å². The summed E-state index contributed by atoms with van der Waals surface area (Å²) in [5, 5.41) is 8.42. The second-order valence-electron chi connectivity index (χ2n) is 3.12. The molecule has 5 nitrogen and oxygen atoms in total. The van der Waals surface area contributed by atoms with Crippen LogP contribution in [0, 0.1) is 5.92 Å². The number of primary amides is 1. The lowest BCUT2D eigenvalue weighted by Gasteiger charge is -2.10. The van der Waals surface area contributed by atoms with Crippen molar-refractivity contribution in [2.75, 3.05) is 0 Å². The van der Waals surface area contributed by atoms with Crippen molar-refractivity contribution in [3.05, 3.63) is 35.9 Å². The van der Waals surface area contributed by atoms with Crippen LogP contribution in [0.3, 0.4) is 0 Å². The van der Waals surface area contributed by atoms with Gasteiger partial charge in [0.15, 0.2) is 0 Å². The summed E-state index contributed by atoms with van der Waals surface area (Å²) in [6.07, 6.45) is 0.183. The molecule has 4 N–H and O–H groups in total. The molecule has 0 aliphatic rings. The third-order valence-corrected chi connectivity index (χ3v) is 2.05. The normalized spacial score (nSPS) is 11.8. The fourth-order valence-electron chi connectivity index (χ4n) is 1.25. The zero-order valence-corrected chi connectivity index (χ0v) is 8.01. The van der Waals surface area contributed by atoms with E-state index in [1.54, 1.807) is 24.3 Å². The maximum atomic E-state index is 11.1. The number of carbonyl (C=O) groups is 2. The molecule has 5 heteroatoms. The summed E-state index contributed by atoms with van der Waals surface area (Å²) in [6, 6.07) is 8.98. The van der Waals surface area contributed by atoms with Crippen LogP contribution in [0.4, 0.5) is 0 Å². The van der Waals surface area contributed by atoms with Gasteiger partial charge in [-0.05, 0) is 12.0 Å². The van der Waals surface area contributed by atoms with Crippen LogP contribution in [0.1, 0.15) is 5.56 Å². The van der Waals surface area contributed by atoms with Gasteiger partial charge in [0.2, 0.25) is 5.91 Å². The maximum absolute atomic E-state index is 11.1. The molecule has 0 aliphatic heterocycles. The average molecular weight is 208 g/mol. The van der Waals surface area contributed by atoms with Crippen molar-refractivity contribution in [3.63, 3.8) is 0 Å². The van der Waals surface area contributed by atoms with Gasteiger partial charge < -0.3 is 5.73 Å². The van der Waals surface area contributed by atoms with E-state index in [1.807, 2.05) is 6.07 Å². The Morgan fingerprint density at radius 1 is 1.33 bits per heavy atom. The Bertz CT molecular complexity index is 351. The van der Waals surface area contributed by atoms with E-state index in [-0.39, 0.29) is 6.42 Å². The Morgan fingerprint density at radius 3 is 2.40 bits per heavy atom. The summed E-state index contributed by atoms with van der Waals surface area (Å²) in [7, 11) is 0. The van der Waals surface area contributed by atoms with Crippen molar-refractivity contribution in [3.8, 4) is 0 Å². The van der Waals surface area contributed by atoms with Crippen LogP contribution in [0.5, 0.6) is 0 Å². The van der Waals surface area contributed by atoms with Gasteiger partial charge in [0.25, 0.3) is 5.91 Å². The predicted octanol–water partition coefficient (Wildman–Crippen LogP) is -0.164. The Balaban J connectivity index is 2.76. The van der Waals surface area contributed by atoms with Gasteiger partial charge in [-0.25, -0.2) is 5.48 Å². The van der Waals surface area contributed by atoms with E-state index in [4.69, 9.17) is 10.9 Å². The van der Waals surface area contributed by atoms with Crippen molar-refractivity contribution in [1.29, 1.82) is 0 Å². The average Bonchev–Trinajstić information content (AvgIpc) is 2.26. The number of hydrogen-bond donors (Lipinski definition) is 3. The van der Waals surface area contributed by atoms with Gasteiger partial charge in [-0.15, -0.1) is 0 Å². The Hall–Kier alpha value is -1.88. The highest BCUT2D eigenvalue weighted by molar-refractivity contribution is 5.99. The highest BCUT2D eigenvalue weighted by Gasteiger charge is 2.24. The second kappa shape index (κ2) is 5.11. The lowest BCUT2D eigenvalue weighted by atomic mass is 9.98. The van der Waals surface area contributed by atoms with Crippen LogP contribution in [0.2, 0.25) is 0 Å². The molecule has 0 saturated carbocycles. The molecule has 80 valence electrons. The van der Waals surface area contributed by atoms with Crippen molar-refractivity contribution in [1.82, 2.24) is 5.48 Å². The molecule has 0 bridgehead atoms. The maximum Gasteiger partial charge on any atom is 0.256 e. The number of nitrogens with two attached hydrogens (primary N) is 1. The smallest absolute Gasteiger partial charge is 0.256 e. The predicted molar refractivity (Wildman–Crippen MR) is 52.8 cm³/mol. The third-order valence-electron chi connectivity index (χ3n) is 2.05. The molecule has 0 radical (unpaired) electrons. The van der Waals surface area contributed by atoms with E-state index in [2.05, 4.69) is 0 Å². The van der Waals surface area contributed by atoms with E-state index in [9.17, 15) is 9.59 Å². The van der Waals surface area contributed by atoms with Crippen LogP contribution in [-0.4, -0.2) is 17.0 Å². The zero-order chi connectivity index (χ0) is 11.3. The number of nitrogens with one attached hydrogen (secondary N) is 1. The van der Waals surface area contributed by atoms with E-state index in [0.29, 0.717) is 0 Å². The van der Waals surface area contributed by atoms with E-state index in [0.717, 1.165) is 5.56 Å². The fourth-order valence-corrected chi connectivity index (χ4v) is 1.25. The molecule has 0 aliphatic carbocycles. The Kier molecular flexibility index (Phi) is 3.82. The van der Waals surface area contributed by atoms with Gasteiger partial charge in [-0.1, -0.05) is 30.3 Å². The van der Waals surface area contributed by atoms with Gasteiger partial charge >= 0.3 is 0 Å². The Morgan fingerprint density at radius 2 is 1.93 bits per heavy atom.